The van der Waals surface area contributed by atoms with Crippen molar-refractivity contribution in [3.63, 3.8) is 0 Å². The molecule has 0 radical (unpaired) electrons. The molecule has 0 aliphatic carbocycles. The average Bonchev–Trinajstić information content (AvgIpc) is 2.86. The second kappa shape index (κ2) is 9.83. The Morgan fingerprint density at radius 2 is 1.00 bits per heavy atom. The topological polar surface area (TPSA) is 37.1 Å². The van der Waals surface area contributed by atoms with Crippen LogP contribution in [0.15, 0.2) is 130 Å². The van der Waals surface area contributed by atoms with Gasteiger partial charge in [0.1, 0.15) is 0 Å². The van der Waals surface area contributed by atoms with Gasteiger partial charge in [-0.05, 0) is 35.7 Å². The first-order valence-corrected chi connectivity index (χ1v) is 10.7. The molecular weight excluding hydrogens is 435 g/mol. The maximum absolute atomic E-state index is 14.0. The Labute approximate surface area is 196 Å². The van der Waals surface area contributed by atoms with E-state index in [2.05, 4.69) is 15.2 Å². The van der Waals surface area contributed by atoms with Crippen LogP contribution in [0.3, 0.4) is 0 Å². The van der Waals surface area contributed by atoms with Crippen molar-refractivity contribution in [1.29, 1.82) is 0 Å². The summed E-state index contributed by atoms with van der Waals surface area (Å²) in [6.07, 6.45) is -4.79. The SMILES string of the molecule is Cc1ccc(N=C(N=NC(c2ccccc2)(c2ccccc2)c2ccccc2)C(F)(F)F)cc1. The number of alkyl halides is 3. The number of nitrogens with zero attached hydrogens (tertiary/aromatic N) is 3. The molecule has 4 aromatic carbocycles. The summed E-state index contributed by atoms with van der Waals surface area (Å²) >= 11 is 0. The van der Waals surface area contributed by atoms with Crippen molar-refractivity contribution < 1.29 is 13.2 Å². The molecule has 0 saturated heterocycles. The molecule has 3 nitrogen and oxygen atoms in total. The van der Waals surface area contributed by atoms with E-state index < -0.39 is 17.6 Å². The molecule has 0 unspecified atom stereocenters. The summed E-state index contributed by atoms with van der Waals surface area (Å²) in [6, 6.07) is 34.0. The minimum atomic E-state index is -4.79. The summed E-state index contributed by atoms with van der Waals surface area (Å²) in [7, 11) is 0. The van der Waals surface area contributed by atoms with Gasteiger partial charge in [0, 0.05) is 0 Å². The minimum absolute atomic E-state index is 0.154. The van der Waals surface area contributed by atoms with E-state index >= 15 is 0 Å². The zero-order valence-electron chi connectivity index (χ0n) is 18.4. The fraction of sp³-hybridized carbons (Fsp3) is 0.107. The molecule has 0 aliphatic rings. The summed E-state index contributed by atoms with van der Waals surface area (Å²) in [4.78, 5) is 3.79. The minimum Gasteiger partial charge on any atom is -0.223 e. The highest BCUT2D eigenvalue weighted by Crippen LogP contribution is 2.41. The monoisotopic (exact) mass is 457 g/mol. The first-order chi connectivity index (χ1) is 16.4. The van der Waals surface area contributed by atoms with Crippen LogP contribution in [-0.4, -0.2) is 12.0 Å². The van der Waals surface area contributed by atoms with Crippen LogP contribution in [0.5, 0.6) is 0 Å². The molecule has 0 heterocycles. The predicted molar refractivity (Wildman–Crippen MR) is 128 cm³/mol. The lowest BCUT2D eigenvalue weighted by Crippen LogP contribution is -2.28. The van der Waals surface area contributed by atoms with Gasteiger partial charge in [-0.1, -0.05) is 109 Å². The number of benzene rings is 4. The molecule has 4 aromatic rings. The first kappa shape index (κ1) is 23.1. The predicted octanol–water partition coefficient (Wildman–Crippen LogP) is 8.03. The number of hydrogen-bond acceptors (Lipinski definition) is 2. The molecule has 0 saturated carbocycles. The Morgan fingerprint density at radius 1 is 0.588 bits per heavy atom. The Hall–Kier alpha value is -4.06. The Bertz CT molecular complexity index is 1170. The van der Waals surface area contributed by atoms with E-state index in [-0.39, 0.29) is 5.69 Å². The lowest BCUT2D eigenvalue weighted by Gasteiger charge is -2.30. The zero-order valence-corrected chi connectivity index (χ0v) is 18.4. The molecule has 0 amide bonds. The van der Waals surface area contributed by atoms with E-state index in [1.807, 2.05) is 97.9 Å². The van der Waals surface area contributed by atoms with Gasteiger partial charge in [-0.3, -0.25) is 0 Å². The molecule has 0 fully saturated rings. The molecule has 0 N–H and O–H groups in total. The van der Waals surface area contributed by atoms with Crippen molar-refractivity contribution in [3.8, 4) is 0 Å². The van der Waals surface area contributed by atoms with E-state index in [0.29, 0.717) is 16.7 Å². The molecule has 0 atom stereocenters. The average molecular weight is 457 g/mol. The molecule has 170 valence electrons. The highest BCUT2D eigenvalue weighted by atomic mass is 19.4. The third-order valence-corrected chi connectivity index (χ3v) is 5.39. The van der Waals surface area contributed by atoms with Crippen LogP contribution in [0.25, 0.3) is 0 Å². The van der Waals surface area contributed by atoms with Crippen LogP contribution in [0.4, 0.5) is 18.9 Å². The maximum atomic E-state index is 14.0. The van der Waals surface area contributed by atoms with Gasteiger partial charge in [-0.25, -0.2) is 4.99 Å². The van der Waals surface area contributed by atoms with Gasteiger partial charge in [0.2, 0.25) is 0 Å². The van der Waals surface area contributed by atoms with Gasteiger partial charge in [0.25, 0.3) is 5.84 Å². The number of amidine groups is 1. The summed E-state index contributed by atoms with van der Waals surface area (Å²) in [5, 5.41) is 8.19. The largest absolute Gasteiger partial charge is 0.453 e. The summed E-state index contributed by atoms with van der Waals surface area (Å²) in [5.74, 6) is -1.32. The summed E-state index contributed by atoms with van der Waals surface area (Å²) in [5.41, 5.74) is 1.84. The lowest BCUT2D eigenvalue weighted by atomic mass is 9.78. The molecule has 6 heteroatoms. The maximum Gasteiger partial charge on any atom is 0.453 e. The smallest absolute Gasteiger partial charge is 0.223 e. The van der Waals surface area contributed by atoms with E-state index in [1.54, 1.807) is 12.1 Å². The number of halogens is 3. The molecule has 0 bridgehead atoms. The van der Waals surface area contributed by atoms with Gasteiger partial charge in [0.05, 0.1) is 5.69 Å². The van der Waals surface area contributed by atoms with Gasteiger partial charge >= 0.3 is 6.18 Å². The summed E-state index contributed by atoms with van der Waals surface area (Å²) in [6.45, 7) is 1.85. The number of hydrogen-bond donors (Lipinski definition) is 0. The molecule has 0 aliphatic heterocycles. The number of azo groups is 1. The van der Waals surface area contributed by atoms with Crippen LogP contribution >= 0.6 is 0 Å². The molecule has 34 heavy (non-hydrogen) atoms. The van der Waals surface area contributed by atoms with Crippen LogP contribution in [-0.2, 0) is 5.54 Å². The van der Waals surface area contributed by atoms with E-state index in [0.717, 1.165) is 5.56 Å². The first-order valence-electron chi connectivity index (χ1n) is 10.7. The van der Waals surface area contributed by atoms with Crippen LogP contribution in [0.2, 0.25) is 0 Å². The third-order valence-electron chi connectivity index (χ3n) is 5.39. The van der Waals surface area contributed by atoms with Crippen molar-refractivity contribution in [3.05, 3.63) is 138 Å². The molecule has 4 rings (SSSR count). The molecule has 0 spiro atoms. The van der Waals surface area contributed by atoms with Crippen LogP contribution in [0.1, 0.15) is 22.3 Å². The van der Waals surface area contributed by atoms with E-state index in [4.69, 9.17) is 0 Å². The summed E-state index contributed by atoms with van der Waals surface area (Å²) < 4.78 is 41.9. The van der Waals surface area contributed by atoms with E-state index in [9.17, 15) is 13.2 Å². The Morgan fingerprint density at radius 3 is 1.38 bits per heavy atom. The van der Waals surface area contributed by atoms with E-state index in [1.165, 1.54) is 12.1 Å². The van der Waals surface area contributed by atoms with Crippen molar-refractivity contribution >= 4 is 11.5 Å². The highest BCUT2D eigenvalue weighted by Gasteiger charge is 2.40. The fourth-order valence-electron chi connectivity index (χ4n) is 3.72. The van der Waals surface area contributed by atoms with Gasteiger partial charge < -0.3 is 0 Å². The standard InChI is InChI=1S/C28H22F3N3/c1-21-17-19-25(20-18-21)32-26(28(29,30)31)33-34-27(22-11-5-2-6-12-22,23-13-7-3-8-14-23)24-15-9-4-10-16-24/h2-20H,1H3. The van der Waals surface area contributed by atoms with Gasteiger partial charge in [0.15, 0.2) is 5.54 Å². The number of rotatable bonds is 5. The second-order valence-corrected chi connectivity index (χ2v) is 7.78. The van der Waals surface area contributed by atoms with Crippen molar-refractivity contribution in [2.75, 3.05) is 0 Å². The highest BCUT2D eigenvalue weighted by molar-refractivity contribution is 5.90. The Kier molecular flexibility index (Phi) is 6.68. The van der Waals surface area contributed by atoms with Crippen molar-refractivity contribution in [2.45, 2.75) is 18.6 Å². The lowest BCUT2D eigenvalue weighted by molar-refractivity contribution is -0.0600. The van der Waals surface area contributed by atoms with Crippen LogP contribution < -0.4 is 0 Å². The molecular formula is C28H22F3N3. The zero-order chi connectivity index (χ0) is 24.0. The van der Waals surface area contributed by atoms with Crippen LogP contribution in [0, 0.1) is 6.92 Å². The molecule has 0 aromatic heterocycles. The van der Waals surface area contributed by atoms with Crippen molar-refractivity contribution in [1.82, 2.24) is 0 Å². The fourth-order valence-corrected chi connectivity index (χ4v) is 3.72. The Balaban J connectivity index is 1.95. The van der Waals surface area contributed by atoms with Crippen molar-refractivity contribution in [2.24, 2.45) is 15.2 Å². The number of aryl methyl sites for hydroxylation is 1. The second-order valence-electron chi connectivity index (χ2n) is 7.78. The third kappa shape index (κ3) is 4.96. The number of aliphatic imine (C=N–C) groups is 1. The van der Waals surface area contributed by atoms with Gasteiger partial charge in [-0.2, -0.15) is 18.3 Å². The normalized spacial score (nSPS) is 12.8. The quantitative estimate of drug-likeness (QED) is 0.126. The van der Waals surface area contributed by atoms with Gasteiger partial charge in [-0.15, -0.1) is 5.11 Å².